The molecular formula is C15H20F2O2S. The van der Waals surface area contributed by atoms with Gasteiger partial charge in [-0.1, -0.05) is 13.0 Å². The van der Waals surface area contributed by atoms with Crippen molar-refractivity contribution < 1.29 is 17.7 Å². The molecule has 5 heteroatoms. The van der Waals surface area contributed by atoms with Crippen molar-refractivity contribution in [1.82, 2.24) is 0 Å². The van der Waals surface area contributed by atoms with E-state index in [0.717, 1.165) is 18.9 Å². The molecule has 1 aromatic rings. The SMILES string of the molecule is CC[C@H](c1ccc(F)cc1F)[S@](=O)CC1CCOCC1. The van der Waals surface area contributed by atoms with Gasteiger partial charge in [0.2, 0.25) is 0 Å². The van der Waals surface area contributed by atoms with Gasteiger partial charge in [-0.2, -0.15) is 0 Å². The summed E-state index contributed by atoms with van der Waals surface area (Å²) in [7, 11) is -1.14. The van der Waals surface area contributed by atoms with Crippen LogP contribution in [-0.4, -0.2) is 23.2 Å². The van der Waals surface area contributed by atoms with Crippen LogP contribution in [0.25, 0.3) is 0 Å². The second-order valence-corrected chi connectivity index (χ2v) is 6.83. The molecular weight excluding hydrogens is 282 g/mol. The number of rotatable bonds is 5. The van der Waals surface area contributed by atoms with E-state index in [1.165, 1.54) is 12.1 Å². The molecule has 0 radical (unpaired) electrons. The summed E-state index contributed by atoms with van der Waals surface area (Å²) in [5.41, 5.74) is 0.360. The molecule has 0 unspecified atom stereocenters. The lowest BCUT2D eigenvalue weighted by Gasteiger charge is -2.24. The Morgan fingerprint density at radius 3 is 2.65 bits per heavy atom. The van der Waals surface area contributed by atoms with Gasteiger partial charge in [0.15, 0.2) is 0 Å². The van der Waals surface area contributed by atoms with Crippen LogP contribution < -0.4 is 0 Å². The Kier molecular flexibility index (Phi) is 5.66. The van der Waals surface area contributed by atoms with Crippen LogP contribution in [0.5, 0.6) is 0 Å². The Morgan fingerprint density at radius 1 is 1.35 bits per heavy atom. The summed E-state index contributed by atoms with van der Waals surface area (Å²) in [6.45, 7) is 3.31. The number of ether oxygens (including phenoxy) is 1. The van der Waals surface area contributed by atoms with E-state index in [1.54, 1.807) is 0 Å². The predicted octanol–water partition coefficient (Wildman–Crippen LogP) is 3.59. The molecule has 2 rings (SSSR count). The molecule has 2 atom stereocenters. The van der Waals surface area contributed by atoms with E-state index >= 15 is 0 Å². The van der Waals surface area contributed by atoms with Crippen molar-refractivity contribution in [2.24, 2.45) is 5.92 Å². The van der Waals surface area contributed by atoms with Gasteiger partial charge in [0.1, 0.15) is 11.6 Å². The Balaban J connectivity index is 2.08. The summed E-state index contributed by atoms with van der Waals surface area (Å²) < 4.78 is 44.6. The highest BCUT2D eigenvalue weighted by Crippen LogP contribution is 2.29. The normalized spacial score (nSPS) is 19.8. The summed E-state index contributed by atoms with van der Waals surface area (Å²) >= 11 is 0. The van der Waals surface area contributed by atoms with E-state index < -0.39 is 22.4 Å². The smallest absolute Gasteiger partial charge is 0.130 e. The monoisotopic (exact) mass is 302 g/mol. The van der Waals surface area contributed by atoms with Crippen molar-refractivity contribution in [3.05, 3.63) is 35.4 Å². The minimum atomic E-state index is -1.14. The van der Waals surface area contributed by atoms with Crippen molar-refractivity contribution in [3.63, 3.8) is 0 Å². The molecule has 0 spiro atoms. The van der Waals surface area contributed by atoms with Gasteiger partial charge in [-0.3, -0.25) is 4.21 Å². The van der Waals surface area contributed by atoms with Gasteiger partial charge in [0.05, 0.1) is 5.25 Å². The first-order valence-corrected chi connectivity index (χ1v) is 8.40. The van der Waals surface area contributed by atoms with Crippen LogP contribution in [0.3, 0.4) is 0 Å². The van der Waals surface area contributed by atoms with Gasteiger partial charge >= 0.3 is 0 Å². The van der Waals surface area contributed by atoms with Crippen molar-refractivity contribution in [2.45, 2.75) is 31.4 Å². The minimum absolute atomic E-state index is 0.360. The van der Waals surface area contributed by atoms with Gasteiger partial charge < -0.3 is 4.74 Å². The van der Waals surface area contributed by atoms with Crippen molar-refractivity contribution in [1.29, 1.82) is 0 Å². The zero-order valence-corrected chi connectivity index (χ0v) is 12.4. The van der Waals surface area contributed by atoms with Crippen LogP contribution in [0.1, 0.15) is 37.0 Å². The molecule has 20 heavy (non-hydrogen) atoms. The first-order valence-electron chi connectivity index (χ1n) is 7.01. The van der Waals surface area contributed by atoms with Crippen LogP contribution in [0.15, 0.2) is 18.2 Å². The maximum Gasteiger partial charge on any atom is 0.130 e. The van der Waals surface area contributed by atoms with E-state index in [2.05, 4.69) is 0 Å². The summed E-state index contributed by atoms with van der Waals surface area (Å²) in [6.07, 6.45) is 2.40. The molecule has 1 aliphatic rings. The zero-order valence-electron chi connectivity index (χ0n) is 11.6. The number of benzene rings is 1. The summed E-state index contributed by atoms with van der Waals surface area (Å²) in [5.74, 6) is -0.255. The number of halogens is 2. The third-order valence-corrected chi connectivity index (χ3v) is 5.76. The second-order valence-electron chi connectivity index (χ2n) is 5.17. The average molecular weight is 302 g/mol. The van der Waals surface area contributed by atoms with E-state index in [4.69, 9.17) is 4.74 Å². The predicted molar refractivity (Wildman–Crippen MR) is 75.9 cm³/mol. The second kappa shape index (κ2) is 7.27. The molecule has 1 heterocycles. The molecule has 0 bridgehead atoms. The Bertz CT molecular complexity index is 473. The summed E-state index contributed by atoms with van der Waals surface area (Å²) in [6, 6.07) is 3.51. The van der Waals surface area contributed by atoms with Crippen LogP contribution in [-0.2, 0) is 15.5 Å². The maximum atomic E-state index is 13.8. The molecule has 0 saturated carbocycles. The largest absolute Gasteiger partial charge is 0.381 e. The maximum absolute atomic E-state index is 13.8. The average Bonchev–Trinajstić information content (AvgIpc) is 2.43. The molecule has 2 nitrogen and oxygen atoms in total. The quantitative estimate of drug-likeness (QED) is 0.831. The van der Waals surface area contributed by atoms with E-state index in [0.29, 0.717) is 36.9 Å². The van der Waals surface area contributed by atoms with E-state index in [-0.39, 0.29) is 5.25 Å². The van der Waals surface area contributed by atoms with Gasteiger partial charge in [0.25, 0.3) is 0 Å². The van der Waals surface area contributed by atoms with E-state index in [1.807, 2.05) is 6.92 Å². The number of hydrogen-bond acceptors (Lipinski definition) is 2. The van der Waals surface area contributed by atoms with Crippen molar-refractivity contribution >= 4 is 10.8 Å². The lowest BCUT2D eigenvalue weighted by molar-refractivity contribution is 0.0725. The minimum Gasteiger partial charge on any atom is -0.381 e. The first kappa shape index (κ1) is 15.6. The molecule has 0 N–H and O–H groups in total. The van der Waals surface area contributed by atoms with Crippen LogP contribution in [0.2, 0.25) is 0 Å². The van der Waals surface area contributed by atoms with Crippen LogP contribution in [0, 0.1) is 17.6 Å². The highest BCUT2D eigenvalue weighted by molar-refractivity contribution is 7.85. The lowest BCUT2D eigenvalue weighted by Crippen LogP contribution is -2.23. The topological polar surface area (TPSA) is 26.3 Å². The van der Waals surface area contributed by atoms with Crippen LogP contribution in [0.4, 0.5) is 8.78 Å². The van der Waals surface area contributed by atoms with Gasteiger partial charge in [-0.05, 0) is 31.2 Å². The molecule has 1 aliphatic heterocycles. The Hall–Kier alpha value is -0.810. The van der Waals surface area contributed by atoms with Gasteiger partial charge in [-0.15, -0.1) is 0 Å². The molecule has 1 aromatic carbocycles. The highest BCUT2D eigenvalue weighted by atomic mass is 32.2. The van der Waals surface area contributed by atoms with E-state index in [9.17, 15) is 13.0 Å². The number of hydrogen-bond donors (Lipinski definition) is 0. The third kappa shape index (κ3) is 3.85. The molecule has 1 saturated heterocycles. The zero-order chi connectivity index (χ0) is 14.5. The fraction of sp³-hybridized carbons (Fsp3) is 0.600. The molecule has 0 amide bonds. The van der Waals surface area contributed by atoms with Crippen LogP contribution >= 0.6 is 0 Å². The fourth-order valence-corrected chi connectivity index (χ4v) is 4.45. The summed E-state index contributed by atoms with van der Waals surface area (Å²) in [4.78, 5) is 0. The highest BCUT2D eigenvalue weighted by Gasteiger charge is 2.24. The van der Waals surface area contributed by atoms with Gasteiger partial charge in [-0.25, -0.2) is 8.78 Å². The molecule has 112 valence electrons. The third-order valence-electron chi connectivity index (χ3n) is 3.74. The van der Waals surface area contributed by atoms with Crippen molar-refractivity contribution in [3.8, 4) is 0 Å². The fourth-order valence-electron chi connectivity index (χ4n) is 2.57. The standard InChI is InChI=1S/C15H20F2O2S/c1-2-15(13-4-3-12(16)9-14(13)17)20(18)10-11-5-7-19-8-6-11/h3-4,9,11,15H,2,5-8,10H2,1H3/t15-,20-/m1/s1. The molecule has 0 aromatic heterocycles. The Morgan fingerprint density at radius 2 is 2.05 bits per heavy atom. The molecule has 0 aliphatic carbocycles. The van der Waals surface area contributed by atoms with Crippen molar-refractivity contribution in [2.75, 3.05) is 19.0 Å². The summed E-state index contributed by atoms with van der Waals surface area (Å²) in [5, 5.41) is -0.363. The molecule has 1 fully saturated rings. The lowest BCUT2D eigenvalue weighted by atomic mass is 10.0. The first-order chi connectivity index (χ1) is 9.61. The van der Waals surface area contributed by atoms with Gasteiger partial charge in [0, 0.05) is 41.4 Å². The Labute approximate surface area is 121 Å².